The van der Waals surface area contributed by atoms with Crippen molar-refractivity contribution in [3.8, 4) is 11.5 Å². The van der Waals surface area contributed by atoms with Crippen LogP contribution < -0.4 is 14.8 Å². The molecule has 4 aromatic carbocycles. The van der Waals surface area contributed by atoms with Crippen molar-refractivity contribution in [2.45, 2.75) is 24.6 Å². The van der Waals surface area contributed by atoms with Gasteiger partial charge in [-0.3, -0.25) is 4.79 Å². The number of rotatable bonds is 9. The van der Waals surface area contributed by atoms with Crippen LogP contribution in [-0.2, 0) is 11.8 Å². The van der Waals surface area contributed by atoms with E-state index in [4.69, 9.17) is 0 Å². The molecule has 0 heterocycles. The van der Waals surface area contributed by atoms with Gasteiger partial charge >= 0.3 is 12.7 Å². The first kappa shape index (κ1) is 30.4. The Hall–Kier alpha value is -4.61. The SMILES string of the molecule is O=C(NCC(Cc1ccccc1)(c1cccc(OC(F)(F)F)c1)c1cccc(OC(F)(F)F)c1)c1c(F)cccc1F. The molecule has 12 heteroatoms. The van der Waals surface area contributed by atoms with Crippen LogP contribution >= 0.6 is 0 Å². The predicted octanol–water partition coefficient (Wildman–Crippen LogP) is 7.72. The number of nitrogens with one attached hydrogen (secondary N) is 1. The van der Waals surface area contributed by atoms with E-state index < -0.39 is 59.3 Å². The summed E-state index contributed by atoms with van der Waals surface area (Å²) in [7, 11) is 0. The highest BCUT2D eigenvalue weighted by Gasteiger charge is 2.39. The zero-order valence-corrected chi connectivity index (χ0v) is 21.4. The van der Waals surface area contributed by atoms with E-state index in [-0.39, 0.29) is 17.5 Å². The van der Waals surface area contributed by atoms with Crippen LogP contribution in [0.25, 0.3) is 0 Å². The molecule has 1 N–H and O–H groups in total. The molecule has 0 aliphatic carbocycles. The van der Waals surface area contributed by atoms with E-state index in [1.165, 1.54) is 24.3 Å². The fourth-order valence-electron chi connectivity index (χ4n) is 4.60. The lowest BCUT2D eigenvalue weighted by atomic mass is 9.70. The van der Waals surface area contributed by atoms with Crippen LogP contribution in [0.4, 0.5) is 35.1 Å². The molecule has 0 saturated carbocycles. The zero-order valence-electron chi connectivity index (χ0n) is 21.4. The lowest BCUT2D eigenvalue weighted by Crippen LogP contribution is -2.44. The monoisotopic (exact) mass is 595 g/mol. The van der Waals surface area contributed by atoms with Crippen LogP contribution in [0.3, 0.4) is 0 Å². The minimum absolute atomic E-state index is 0.0845. The lowest BCUT2D eigenvalue weighted by molar-refractivity contribution is -0.275. The third kappa shape index (κ3) is 7.56. The maximum atomic E-state index is 14.4. The van der Waals surface area contributed by atoms with Gasteiger partial charge in [0.1, 0.15) is 28.7 Å². The average molecular weight is 595 g/mol. The van der Waals surface area contributed by atoms with E-state index in [9.17, 15) is 39.9 Å². The summed E-state index contributed by atoms with van der Waals surface area (Å²) in [4.78, 5) is 13.0. The molecule has 0 radical (unpaired) electrons. The van der Waals surface area contributed by atoms with Gasteiger partial charge in [-0.25, -0.2) is 8.78 Å². The third-order valence-electron chi connectivity index (χ3n) is 6.33. The van der Waals surface area contributed by atoms with E-state index in [2.05, 4.69) is 14.8 Å². The van der Waals surface area contributed by atoms with Crippen molar-refractivity contribution < 1.29 is 49.4 Å². The quantitative estimate of drug-likeness (QED) is 0.202. The minimum atomic E-state index is -5.06. The first-order valence-electron chi connectivity index (χ1n) is 12.2. The standard InChI is InChI=1S/C30H21F8NO3/c31-24-13-6-14-25(32)26(24)27(40)39-18-28(17-19-7-2-1-3-8-19,20-9-4-11-22(15-20)41-29(33,34)35)21-10-5-12-23(16-21)42-30(36,37)38/h1-16H,17-18H2,(H,39,40). The first-order valence-corrected chi connectivity index (χ1v) is 12.2. The Morgan fingerprint density at radius 3 is 1.60 bits per heavy atom. The number of halogens is 8. The Kier molecular flexibility index (Phi) is 8.74. The highest BCUT2D eigenvalue weighted by atomic mass is 19.4. The summed E-state index contributed by atoms with van der Waals surface area (Å²) < 4.78 is 115. The molecular weight excluding hydrogens is 574 g/mol. The van der Waals surface area contributed by atoms with Crippen molar-refractivity contribution in [2.24, 2.45) is 0 Å². The van der Waals surface area contributed by atoms with Crippen LogP contribution in [0.1, 0.15) is 27.0 Å². The van der Waals surface area contributed by atoms with Gasteiger partial charge in [-0.2, -0.15) is 0 Å². The van der Waals surface area contributed by atoms with Crippen LogP contribution in [0.5, 0.6) is 11.5 Å². The molecule has 0 unspecified atom stereocenters. The van der Waals surface area contributed by atoms with E-state index in [1.54, 1.807) is 30.3 Å². The summed E-state index contributed by atoms with van der Waals surface area (Å²) in [6, 6.07) is 20.6. The second kappa shape index (κ2) is 12.1. The van der Waals surface area contributed by atoms with Gasteiger partial charge in [-0.1, -0.05) is 60.7 Å². The average Bonchev–Trinajstić information content (AvgIpc) is 2.90. The number of alkyl halides is 6. The summed E-state index contributed by atoms with van der Waals surface area (Å²) in [5.41, 5.74) is -1.75. The van der Waals surface area contributed by atoms with Crippen molar-refractivity contribution in [2.75, 3.05) is 6.54 Å². The van der Waals surface area contributed by atoms with Gasteiger partial charge in [0.25, 0.3) is 5.91 Å². The van der Waals surface area contributed by atoms with Gasteiger partial charge in [0, 0.05) is 12.0 Å². The maximum absolute atomic E-state index is 14.4. The van der Waals surface area contributed by atoms with Gasteiger partial charge in [0.15, 0.2) is 0 Å². The van der Waals surface area contributed by atoms with E-state index in [1.807, 2.05) is 0 Å². The molecule has 4 rings (SSSR count). The summed E-state index contributed by atoms with van der Waals surface area (Å²) in [6.45, 7) is -0.514. The summed E-state index contributed by atoms with van der Waals surface area (Å²) in [5.74, 6) is -4.78. The first-order chi connectivity index (χ1) is 19.8. The fraction of sp³-hybridized carbons (Fsp3) is 0.167. The molecule has 0 aliphatic rings. The minimum Gasteiger partial charge on any atom is -0.406 e. The van der Waals surface area contributed by atoms with Crippen LogP contribution in [0, 0.1) is 11.6 Å². The largest absolute Gasteiger partial charge is 0.573 e. The Morgan fingerprint density at radius 1 is 0.643 bits per heavy atom. The second-order valence-electron chi connectivity index (χ2n) is 9.18. The van der Waals surface area contributed by atoms with Gasteiger partial charge in [-0.15, -0.1) is 26.3 Å². The van der Waals surface area contributed by atoms with Crippen molar-refractivity contribution in [3.63, 3.8) is 0 Å². The van der Waals surface area contributed by atoms with Gasteiger partial charge in [-0.05, 0) is 59.5 Å². The summed E-state index contributed by atoms with van der Waals surface area (Å²) >= 11 is 0. The van der Waals surface area contributed by atoms with Crippen LogP contribution in [-0.4, -0.2) is 25.2 Å². The van der Waals surface area contributed by atoms with Gasteiger partial charge in [0.2, 0.25) is 0 Å². The van der Waals surface area contributed by atoms with Crippen molar-refractivity contribution in [1.29, 1.82) is 0 Å². The summed E-state index contributed by atoms with van der Waals surface area (Å²) in [6.07, 6.45) is -10.2. The Labute approximate surface area is 234 Å². The lowest BCUT2D eigenvalue weighted by Gasteiger charge is -2.36. The topological polar surface area (TPSA) is 47.6 Å². The number of ether oxygens (including phenoxy) is 2. The number of hydrogen-bond donors (Lipinski definition) is 1. The molecule has 0 fully saturated rings. The molecule has 42 heavy (non-hydrogen) atoms. The fourth-order valence-corrected chi connectivity index (χ4v) is 4.60. The smallest absolute Gasteiger partial charge is 0.406 e. The molecule has 0 spiro atoms. The molecule has 220 valence electrons. The molecule has 0 atom stereocenters. The molecule has 1 amide bonds. The zero-order chi connectivity index (χ0) is 30.5. The highest BCUT2D eigenvalue weighted by Crippen LogP contribution is 2.40. The molecule has 4 aromatic rings. The van der Waals surface area contributed by atoms with E-state index >= 15 is 0 Å². The third-order valence-corrected chi connectivity index (χ3v) is 6.33. The van der Waals surface area contributed by atoms with Gasteiger partial charge in [0.05, 0.1) is 0 Å². The highest BCUT2D eigenvalue weighted by molar-refractivity contribution is 5.94. The molecule has 0 aliphatic heterocycles. The molecular formula is C30H21F8NO3. The van der Waals surface area contributed by atoms with Gasteiger partial charge < -0.3 is 14.8 Å². The number of amides is 1. The molecule has 0 saturated heterocycles. The second-order valence-corrected chi connectivity index (χ2v) is 9.18. The predicted molar refractivity (Wildman–Crippen MR) is 136 cm³/mol. The Balaban J connectivity index is 1.90. The van der Waals surface area contributed by atoms with Crippen LogP contribution in [0.15, 0.2) is 97.1 Å². The maximum Gasteiger partial charge on any atom is 0.573 e. The van der Waals surface area contributed by atoms with Crippen LogP contribution in [0.2, 0.25) is 0 Å². The number of carbonyl (C=O) groups is 1. The number of hydrogen-bond acceptors (Lipinski definition) is 3. The van der Waals surface area contributed by atoms with Crippen molar-refractivity contribution in [3.05, 3.63) is 131 Å². The Morgan fingerprint density at radius 2 is 1.12 bits per heavy atom. The number of carbonyl (C=O) groups excluding carboxylic acids is 1. The molecule has 0 aromatic heterocycles. The number of benzene rings is 4. The molecule has 4 nitrogen and oxygen atoms in total. The van der Waals surface area contributed by atoms with E-state index in [0.717, 1.165) is 42.5 Å². The van der Waals surface area contributed by atoms with E-state index in [0.29, 0.717) is 5.56 Å². The normalized spacial score (nSPS) is 12.1. The summed E-state index contributed by atoms with van der Waals surface area (Å²) in [5, 5.41) is 2.43. The molecule has 0 bridgehead atoms. The Bertz CT molecular complexity index is 1460. The van der Waals surface area contributed by atoms with Crippen molar-refractivity contribution in [1.82, 2.24) is 5.32 Å². The van der Waals surface area contributed by atoms with Crippen molar-refractivity contribution >= 4 is 5.91 Å².